The molecule has 0 spiro atoms. The molecule has 2 aromatic heterocycles. The van der Waals surface area contributed by atoms with Crippen LogP contribution >= 0.6 is 11.3 Å². The van der Waals surface area contributed by atoms with Gasteiger partial charge in [0.25, 0.3) is 0 Å². The predicted molar refractivity (Wildman–Crippen MR) is 82.4 cm³/mol. The van der Waals surface area contributed by atoms with E-state index in [0.29, 0.717) is 12.0 Å². The summed E-state index contributed by atoms with van der Waals surface area (Å²) in [5.41, 5.74) is 2.48. The van der Waals surface area contributed by atoms with Crippen molar-refractivity contribution in [1.82, 2.24) is 24.8 Å². The highest BCUT2D eigenvalue weighted by Gasteiger charge is 2.22. The maximum absolute atomic E-state index is 4.79. The third kappa shape index (κ3) is 2.60. The number of nitrogens with one attached hydrogen (secondary N) is 1. The number of aryl methyl sites for hydroxylation is 1. The van der Waals surface area contributed by atoms with Crippen molar-refractivity contribution < 1.29 is 0 Å². The Hall–Kier alpha value is -0.980. The third-order valence-electron chi connectivity index (χ3n) is 3.80. The van der Waals surface area contributed by atoms with E-state index in [1.807, 2.05) is 6.92 Å². The summed E-state index contributed by atoms with van der Waals surface area (Å²) in [6.07, 6.45) is 0. The topological polar surface area (TPSA) is 45.5 Å². The SMILES string of the molecule is Cc1nn2c(CN3CCN[C@@H](C)C3)c(C(C)C)nc2s1. The van der Waals surface area contributed by atoms with Crippen LogP contribution < -0.4 is 5.32 Å². The molecule has 0 unspecified atom stereocenters. The van der Waals surface area contributed by atoms with Gasteiger partial charge in [-0.25, -0.2) is 9.50 Å². The number of nitrogens with zero attached hydrogens (tertiary/aromatic N) is 4. The molecule has 1 aliphatic rings. The predicted octanol–water partition coefficient (Wildman–Crippen LogP) is 2.02. The highest BCUT2D eigenvalue weighted by Crippen LogP contribution is 2.25. The molecular formula is C14H23N5S. The molecule has 110 valence electrons. The minimum absolute atomic E-state index is 0.444. The smallest absolute Gasteiger partial charge is 0.212 e. The van der Waals surface area contributed by atoms with E-state index >= 15 is 0 Å². The summed E-state index contributed by atoms with van der Waals surface area (Å²) < 4.78 is 2.06. The molecule has 0 saturated carbocycles. The summed E-state index contributed by atoms with van der Waals surface area (Å²) in [6, 6.07) is 0.562. The number of fused-ring (bicyclic) bond motifs is 1. The molecular weight excluding hydrogens is 270 g/mol. The summed E-state index contributed by atoms with van der Waals surface area (Å²) in [7, 11) is 0. The number of rotatable bonds is 3. The first kappa shape index (κ1) is 14.0. The van der Waals surface area contributed by atoms with Gasteiger partial charge in [-0.1, -0.05) is 25.2 Å². The summed E-state index contributed by atoms with van der Waals surface area (Å²) >= 11 is 1.68. The summed E-state index contributed by atoms with van der Waals surface area (Å²) in [6.45, 7) is 12.9. The Balaban J connectivity index is 1.93. The standard InChI is InChI=1S/C14H23N5S/c1-9(2)13-12(8-18-6-5-15-10(3)7-18)19-14(16-13)20-11(4)17-19/h9-10,15H,5-8H2,1-4H3/t10-/m0/s1. The minimum Gasteiger partial charge on any atom is -0.312 e. The van der Waals surface area contributed by atoms with Crippen LogP contribution in [0.15, 0.2) is 0 Å². The van der Waals surface area contributed by atoms with E-state index in [1.165, 1.54) is 11.4 Å². The van der Waals surface area contributed by atoms with Crippen molar-refractivity contribution in [3.63, 3.8) is 0 Å². The van der Waals surface area contributed by atoms with Crippen LogP contribution in [0.25, 0.3) is 4.96 Å². The van der Waals surface area contributed by atoms with Gasteiger partial charge in [0.2, 0.25) is 4.96 Å². The lowest BCUT2D eigenvalue weighted by atomic mass is 10.1. The molecule has 3 rings (SSSR count). The second kappa shape index (κ2) is 5.42. The van der Waals surface area contributed by atoms with Gasteiger partial charge >= 0.3 is 0 Å². The summed E-state index contributed by atoms with van der Waals surface area (Å²) in [4.78, 5) is 8.33. The molecule has 0 aromatic carbocycles. The summed E-state index contributed by atoms with van der Waals surface area (Å²) in [5.74, 6) is 0.444. The van der Waals surface area contributed by atoms with Crippen LogP contribution in [-0.4, -0.2) is 45.2 Å². The van der Waals surface area contributed by atoms with Crippen molar-refractivity contribution in [2.24, 2.45) is 0 Å². The molecule has 0 aliphatic carbocycles. The average molecular weight is 293 g/mol. The van der Waals surface area contributed by atoms with Crippen molar-refractivity contribution in [3.8, 4) is 0 Å². The quantitative estimate of drug-likeness (QED) is 0.940. The largest absolute Gasteiger partial charge is 0.312 e. The third-order valence-corrected chi connectivity index (χ3v) is 4.63. The van der Waals surface area contributed by atoms with Gasteiger partial charge in [-0.05, 0) is 19.8 Å². The van der Waals surface area contributed by atoms with Crippen molar-refractivity contribution in [2.45, 2.75) is 46.2 Å². The number of imidazole rings is 1. The molecule has 3 heterocycles. The zero-order valence-corrected chi connectivity index (χ0v) is 13.5. The van der Waals surface area contributed by atoms with Crippen molar-refractivity contribution >= 4 is 16.3 Å². The fourth-order valence-corrected chi connectivity index (χ4v) is 3.65. The van der Waals surface area contributed by atoms with Gasteiger partial charge < -0.3 is 5.32 Å². The van der Waals surface area contributed by atoms with Crippen LogP contribution in [0.5, 0.6) is 0 Å². The van der Waals surface area contributed by atoms with Gasteiger partial charge in [0.1, 0.15) is 5.01 Å². The number of aromatic nitrogens is 3. The van der Waals surface area contributed by atoms with E-state index in [-0.39, 0.29) is 0 Å². The normalized spacial score (nSPS) is 21.1. The van der Waals surface area contributed by atoms with E-state index in [0.717, 1.165) is 36.1 Å². The van der Waals surface area contributed by atoms with Gasteiger partial charge in [0.05, 0.1) is 11.4 Å². The highest BCUT2D eigenvalue weighted by atomic mass is 32.1. The van der Waals surface area contributed by atoms with E-state index in [9.17, 15) is 0 Å². The van der Waals surface area contributed by atoms with Crippen molar-refractivity contribution in [3.05, 3.63) is 16.4 Å². The minimum atomic E-state index is 0.444. The zero-order chi connectivity index (χ0) is 14.3. The molecule has 0 amide bonds. The Morgan fingerprint density at radius 3 is 2.95 bits per heavy atom. The van der Waals surface area contributed by atoms with Crippen LogP contribution in [-0.2, 0) is 6.54 Å². The Morgan fingerprint density at radius 2 is 2.25 bits per heavy atom. The maximum atomic E-state index is 4.79. The number of piperazine rings is 1. The van der Waals surface area contributed by atoms with Gasteiger partial charge in [0, 0.05) is 32.2 Å². The van der Waals surface area contributed by atoms with Crippen LogP contribution in [0.3, 0.4) is 0 Å². The van der Waals surface area contributed by atoms with Crippen LogP contribution in [0.4, 0.5) is 0 Å². The molecule has 1 saturated heterocycles. The molecule has 1 N–H and O–H groups in total. The molecule has 1 aliphatic heterocycles. The molecule has 20 heavy (non-hydrogen) atoms. The molecule has 2 aromatic rings. The lowest BCUT2D eigenvalue weighted by Gasteiger charge is -2.31. The van der Waals surface area contributed by atoms with Gasteiger partial charge in [-0.15, -0.1) is 0 Å². The molecule has 0 radical (unpaired) electrons. The van der Waals surface area contributed by atoms with E-state index in [1.54, 1.807) is 11.3 Å². The van der Waals surface area contributed by atoms with Crippen LogP contribution in [0.1, 0.15) is 43.1 Å². The maximum Gasteiger partial charge on any atom is 0.212 e. The average Bonchev–Trinajstić information content (AvgIpc) is 2.87. The van der Waals surface area contributed by atoms with Gasteiger partial charge in [-0.2, -0.15) is 5.10 Å². The van der Waals surface area contributed by atoms with Crippen molar-refractivity contribution in [2.75, 3.05) is 19.6 Å². The Bertz CT molecular complexity index is 600. The first-order chi connectivity index (χ1) is 9.54. The van der Waals surface area contributed by atoms with E-state index in [4.69, 9.17) is 4.98 Å². The molecule has 0 bridgehead atoms. The van der Waals surface area contributed by atoms with Gasteiger partial charge in [0.15, 0.2) is 0 Å². The molecule has 6 heteroatoms. The van der Waals surface area contributed by atoms with Crippen LogP contribution in [0.2, 0.25) is 0 Å². The van der Waals surface area contributed by atoms with Crippen molar-refractivity contribution in [1.29, 1.82) is 0 Å². The van der Waals surface area contributed by atoms with Gasteiger partial charge in [-0.3, -0.25) is 4.90 Å². The highest BCUT2D eigenvalue weighted by molar-refractivity contribution is 7.16. The fourth-order valence-electron chi connectivity index (χ4n) is 2.88. The van der Waals surface area contributed by atoms with Crippen LogP contribution in [0, 0.1) is 6.92 Å². The first-order valence-electron chi connectivity index (χ1n) is 7.35. The van der Waals surface area contributed by atoms with E-state index in [2.05, 4.69) is 40.6 Å². The number of hydrogen-bond acceptors (Lipinski definition) is 5. The molecule has 1 atom stereocenters. The fraction of sp³-hybridized carbons (Fsp3) is 0.714. The molecule has 1 fully saturated rings. The molecule has 5 nitrogen and oxygen atoms in total. The Kier molecular flexibility index (Phi) is 3.79. The first-order valence-corrected chi connectivity index (χ1v) is 8.17. The second-order valence-electron chi connectivity index (χ2n) is 6.00. The Morgan fingerprint density at radius 1 is 1.45 bits per heavy atom. The Labute approximate surface area is 124 Å². The zero-order valence-electron chi connectivity index (χ0n) is 12.7. The lowest BCUT2D eigenvalue weighted by molar-refractivity contribution is 0.196. The second-order valence-corrected chi connectivity index (χ2v) is 7.16. The lowest BCUT2D eigenvalue weighted by Crippen LogP contribution is -2.48. The number of hydrogen-bond donors (Lipinski definition) is 1. The monoisotopic (exact) mass is 293 g/mol. The van der Waals surface area contributed by atoms with E-state index < -0.39 is 0 Å². The summed E-state index contributed by atoms with van der Waals surface area (Å²) in [5, 5.41) is 9.20.